The molecule has 0 radical (unpaired) electrons. The van der Waals surface area contributed by atoms with E-state index >= 15 is 0 Å². The Bertz CT molecular complexity index is 588. The number of hydrogen-bond donors (Lipinski definition) is 1. The van der Waals surface area contributed by atoms with Crippen molar-refractivity contribution in [2.75, 3.05) is 24.5 Å². The molecule has 2 saturated heterocycles. The van der Waals surface area contributed by atoms with Crippen molar-refractivity contribution in [1.82, 2.24) is 4.90 Å². The molecule has 23 heavy (non-hydrogen) atoms. The Morgan fingerprint density at radius 3 is 2.48 bits per heavy atom. The molecular formula is C16H20Cl2N2O3. The van der Waals surface area contributed by atoms with Gasteiger partial charge >= 0.3 is 5.97 Å². The fourth-order valence-corrected chi connectivity index (χ4v) is 3.55. The summed E-state index contributed by atoms with van der Waals surface area (Å²) < 4.78 is 0. The van der Waals surface area contributed by atoms with Gasteiger partial charge in [0.1, 0.15) is 0 Å². The van der Waals surface area contributed by atoms with E-state index in [0.29, 0.717) is 37.5 Å². The van der Waals surface area contributed by atoms with Crippen LogP contribution in [-0.2, 0) is 9.59 Å². The summed E-state index contributed by atoms with van der Waals surface area (Å²) in [5, 5.41) is 9.67. The lowest BCUT2D eigenvalue weighted by atomic mass is 9.96. The zero-order valence-electron chi connectivity index (χ0n) is 12.7. The van der Waals surface area contributed by atoms with Crippen molar-refractivity contribution in [3.8, 4) is 0 Å². The molecule has 126 valence electrons. The largest absolute Gasteiger partial charge is 0.481 e. The van der Waals surface area contributed by atoms with E-state index < -0.39 is 5.97 Å². The van der Waals surface area contributed by atoms with Crippen molar-refractivity contribution >= 4 is 41.6 Å². The smallest absolute Gasteiger partial charge is 0.306 e. The molecule has 0 saturated carbocycles. The van der Waals surface area contributed by atoms with Crippen LogP contribution in [0.15, 0.2) is 24.3 Å². The van der Waals surface area contributed by atoms with Crippen LogP contribution in [0.2, 0.25) is 5.02 Å². The summed E-state index contributed by atoms with van der Waals surface area (Å²) in [7, 11) is 0. The predicted molar refractivity (Wildman–Crippen MR) is 91.4 cm³/mol. The molecule has 2 fully saturated rings. The fourth-order valence-electron chi connectivity index (χ4n) is 3.36. The molecule has 1 aromatic carbocycles. The van der Waals surface area contributed by atoms with Gasteiger partial charge in [-0.15, -0.1) is 12.4 Å². The zero-order chi connectivity index (χ0) is 15.7. The van der Waals surface area contributed by atoms with Gasteiger partial charge in [0, 0.05) is 17.3 Å². The number of carbonyl (C=O) groups is 2. The van der Waals surface area contributed by atoms with Crippen LogP contribution in [0.5, 0.6) is 0 Å². The molecule has 5 nitrogen and oxygen atoms in total. The highest BCUT2D eigenvalue weighted by atomic mass is 35.5. The van der Waals surface area contributed by atoms with Gasteiger partial charge in [0.15, 0.2) is 0 Å². The van der Waals surface area contributed by atoms with E-state index in [2.05, 4.69) is 4.90 Å². The molecule has 1 atom stereocenters. The summed E-state index contributed by atoms with van der Waals surface area (Å²) in [6.45, 7) is 2.04. The molecule has 3 rings (SSSR count). The van der Waals surface area contributed by atoms with Crippen molar-refractivity contribution in [3.63, 3.8) is 0 Å². The minimum absolute atomic E-state index is 0. The van der Waals surface area contributed by atoms with Gasteiger partial charge in [-0.2, -0.15) is 0 Å². The highest BCUT2D eigenvalue weighted by molar-refractivity contribution is 6.31. The molecule has 2 heterocycles. The first-order chi connectivity index (χ1) is 10.6. The van der Waals surface area contributed by atoms with Crippen LogP contribution < -0.4 is 4.90 Å². The lowest BCUT2D eigenvalue weighted by Crippen LogP contribution is -2.46. The molecule has 7 heteroatoms. The van der Waals surface area contributed by atoms with Crippen molar-refractivity contribution in [2.24, 2.45) is 5.92 Å². The molecular weight excluding hydrogens is 339 g/mol. The monoisotopic (exact) mass is 358 g/mol. The average molecular weight is 359 g/mol. The van der Waals surface area contributed by atoms with Gasteiger partial charge in [-0.3, -0.25) is 14.5 Å². The molecule has 0 aromatic heterocycles. The van der Waals surface area contributed by atoms with Crippen LogP contribution in [0.3, 0.4) is 0 Å². The molecule has 1 N–H and O–H groups in total. The Labute approximate surface area is 146 Å². The summed E-state index contributed by atoms with van der Waals surface area (Å²) >= 11 is 6.00. The van der Waals surface area contributed by atoms with Crippen molar-refractivity contribution in [3.05, 3.63) is 29.3 Å². The maximum absolute atomic E-state index is 12.7. The summed E-state index contributed by atoms with van der Waals surface area (Å²) in [6.07, 6.45) is 2.02. The van der Waals surface area contributed by atoms with Gasteiger partial charge in [0.05, 0.1) is 12.0 Å². The van der Waals surface area contributed by atoms with Crippen LogP contribution in [0.25, 0.3) is 0 Å². The number of rotatable bonds is 3. The number of carbonyl (C=O) groups excluding carboxylic acids is 1. The number of carboxylic acid groups (broad SMARTS) is 1. The summed E-state index contributed by atoms with van der Waals surface area (Å²) in [6, 6.07) is 7.20. The highest BCUT2D eigenvalue weighted by Crippen LogP contribution is 2.29. The van der Waals surface area contributed by atoms with Gasteiger partial charge in [-0.25, -0.2) is 0 Å². The van der Waals surface area contributed by atoms with E-state index in [9.17, 15) is 9.59 Å². The van der Waals surface area contributed by atoms with Crippen LogP contribution in [0, 0.1) is 5.92 Å². The van der Waals surface area contributed by atoms with E-state index in [1.54, 1.807) is 17.0 Å². The number of amides is 1. The van der Waals surface area contributed by atoms with Gasteiger partial charge < -0.3 is 10.0 Å². The molecule has 2 aliphatic heterocycles. The lowest BCUT2D eigenvalue weighted by molar-refractivity contribution is -0.143. The highest BCUT2D eigenvalue weighted by Gasteiger charge is 2.38. The van der Waals surface area contributed by atoms with E-state index in [0.717, 1.165) is 12.1 Å². The molecule has 2 aliphatic rings. The number of halogens is 2. The number of nitrogens with zero attached hydrogens (tertiary/aromatic N) is 2. The average Bonchev–Trinajstić information content (AvgIpc) is 2.89. The van der Waals surface area contributed by atoms with Gasteiger partial charge in [0.25, 0.3) is 0 Å². The number of likely N-dealkylation sites (tertiary alicyclic amines) is 1. The normalized spacial score (nSPS) is 22.9. The second kappa shape index (κ2) is 7.51. The van der Waals surface area contributed by atoms with E-state index in [1.165, 1.54) is 0 Å². The standard InChI is InChI=1S/C16H19ClN2O3.ClH/c17-12-2-1-3-13(10-12)19-9-6-14(15(19)20)18-7-4-11(5-8-18)16(21)22;/h1-3,10-11,14H,4-9H2,(H,21,22);1H. The van der Waals surface area contributed by atoms with Crippen LogP contribution in [0.4, 0.5) is 5.69 Å². The third kappa shape index (κ3) is 3.79. The maximum atomic E-state index is 12.7. The van der Waals surface area contributed by atoms with Crippen molar-refractivity contribution in [1.29, 1.82) is 0 Å². The van der Waals surface area contributed by atoms with Gasteiger partial charge in [0.2, 0.25) is 5.91 Å². The number of piperidine rings is 1. The predicted octanol–water partition coefficient (Wildman–Crippen LogP) is 2.66. The number of carboxylic acids is 1. The molecule has 1 amide bonds. The van der Waals surface area contributed by atoms with Crippen LogP contribution >= 0.6 is 24.0 Å². The Balaban J connectivity index is 0.00000192. The Hall–Kier alpha value is -1.30. The molecule has 1 aromatic rings. The molecule has 0 spiro atoms. The first-order valence-corrected chi connectivity index (χ1v) is 7.98. The van der Waals surface area contributed by atoms with E-state index in [4.69, 9.17) is 16.7 Å². The molecule has 0 bridgehead atoms. The van der Waals surface area contributed by atoms with Gasteiger partial charge in [-0.1, -0.05) is 17.7 Å². The number of aliphatic carboxylic acids is 1. The first kappa shape index (κ1) is 18.0. The second-order valence-corrected chi connectivity index (χ2v) is 6.36. The number of anilines is 1. The lowest BCUT2D eigenvalue weighted by Gasteiger charge is -2.33. The summed E-state index contributed by atoms with van der Waals surface area (Å²) in [5.74, 6) is -0.897. The summed E-state index contributed by atoms with van der Waals surface area (Å²) in [5.41, 5.74) is 0.834. The van der Waals surface area contributed by atoms with Gasteiger partial charge in [-0.05, 0) is 50.6 Å². The Morgan fingerprint density at radius 2 is 1.87 bits per heavy atom. The zero-order valence-corrected chi connectivity index (χ0v) is 14.2. The molecule has 1 unspecified atom stereocenters. The number of hydrogen-bond acceptors (Lipinski definition) is 3. The third-order valence-corrected chi connectivity index (χ3v) is 4.85. The minimum atomic E-state index is -0.724. The molecule has 0 aliphatic carbocycles. The topological polar surface area (TPSA) is 60.9 Å². The minimum Gasteiger partial charge on any atom is -0.481 e. The third-order valence-electron chi connectivity index (χ3n) is 4.62. The van der Waals surface area contributed by atoms with Crippen molar-refractivity contribution in [2.45, 2.75) is 25.3 Å². The van der Waals surface area contributed by atoms with Crippen LogP contribution in [0.1, 0.15) is 19.3 Å². The fraction of sp³-hybridized carbons (Fsp3) is 0.500. The quantitative estimate of drug-likeness (QED) is 0.902. The SMILES string of the molecule is Cl.O=C(O)C1CCN(C2CCN(c3cccc(Cl)c3)C2=O)CC1. The first-order valence-electron chi connectivity index (χ1n) is 7.60. The van der Waals surface area contributed by atoms with E-state index in [-0.39, 0.29) is 30.3 Å². The Morgan fingerprint density at radius 1 is 1.17 bits per heavy atom. The Kier molecular flexibility index (Phi) is 5.89. The second-order valence-electron chi connectivity index (χ2n) is 5.92. The number of benzene rings is 1. The van der Waals surface area contributed by atoms with Crippen LogP contribution in [-0.4, -0.2) is 47.6 Å². The van der Waals surface area contributed by atoms with Crippen molar-refractivity contribution < 1.29 is 14.7 Å². The van der Waals surface area contributed by atoms with E-state index in [1.807, 2.05) is 12.1 Å². The summed E-state index contributed by atoms with van der Waals surface area (Å²) in [4.78, 5) is 27.6. The maximum Gasteiger partial charge on any atom is 0.306 e.